The molecule has 68 valence electrons. The zero-order chi connectivity index (χ0) is 9.26. The molecule has 2 rings (SSSR count). The van der Waals surface area contributed by atoms with Crippen molar-refractivity contribution in [3.05, 3.63) is 30.1 Å². The van der Waals surface area contributed by atoms with Gasteiger partial charge in [0, 0.05) is 12.6 Å². The third kappa shape index (κ3) is 1.30. The molecule has 1 atom stereocenters. The van der Waals surface area contributed by atoms with Crippen LogP contribution >= 0.6 is 0 Å². The molecule has 0 bridgehead atoms. The highest BCUT2D eigenvalue weighted by Crippen LogP contribution is 2.18. The molecule has 4 heteroatoms. The monoisotopic (exact) mass is 176 g/mol. The Morgan fingerprint density at radius 2 is 2.31 bits per heavy atom. The second kappa shape index (κ2) is 3.16. The molecule has 2 aromatic rings. The molecule has 0 saturated heterocycles. The van der Waals surface area contributed by atoms with E-state index in [2.05, 4.69) is 9.97 Å². The summed E-state index contributed by atoms with van der Waals surface area (Å²) in [6.07, 6.45) is 1.66. The third-order valence-electron chi connectivity index (χ3n) is 2.13. The van der Waals surface area contributed by atoms with Crippen molar-refractivity contribution in [3.8, 4) is 0 Å². The van der Waals surface area contributed by atoms with E-state index in [1.165, 1.54) is 0 Å². The number of hydrogen-bond donors (Lipinski definition) is 3. The lowest BCUT2D eigenvalue weighted by Gasteiger charge is -2.08. The van der Waals surface area contributed by atoms with Crippen LogP contribution in [0.1, 0.15) is 11.6 Å². The minimum absolute atomic E-state index is 0.132. The van der Waals surface area contributed by atoms with Crippen LogP contribution in [0.3, 0.4) is 0 Å². The van der Waals surface area contributed by atoms with Gasteiger partial charge < -0.3 is 16.5 Å². The molecule has 1 unspecified atom stereocenters. The van der Waals surface area contributed by atoms with Gasteiger partial charge in [-0.15, -0.1) is 0 Å². The van der Waals surface area contributed by atoms with Crippen LogP contribution in [0.25, 0.3) is 11.0 Å². The Hall–Kier alpha value is -1.39. The van der Waals surface area contributed by atoms with Gasteiger partial charge in [-0.25, -0.2) is 4.98 Å². The molecule has 4 nitrogen and oxygen atoms in total. The Morgan fingerprint density at radius 1 is 1.46 bits per heavy atom. The average molecular weight is 176 g/mol. The zero-order valence-corrected chi connectivity index (χ0v) is 7.20. The van der Waals surface area contributed by atoms with E-state index in [4.69, 9.17) is 11.5 Å². The first-order valence-electron chi connectivity index (χ1n) is 4.20. The highest BCUT2D eigenvalue weighted by atomic mass is 14.9. The topological polar surface area (TPSA) is 80.7 Å². The smallest absolute Gasteiger partial charge is 0.0932 e. The average Bonchev–Trinajstić information content (AvgIpc) is 2.63. The fourth-order valence-electron chi connectivity index (χ4n) is 1.41. The number of H-pyrrole nitrogens is 1. The van der Waals surface area contributed by atoms with Crippen LogP contribution in [0, 0.1) is 0 Å². The highest BCUT2D eigenvalue weighted by Gasteiger charge is 2.08. The molecular weight excluding hydrogens is 164 g/mol. The van der Waals surface area contributed by atoms with E-state index in [1.807, 2.05) is 18.2 Å². The van der Waals surface area contributed by atoms with Crippen molar-refractivity contribution in [1.82, 2.24) is 9.97 Å². The molecule has 0 spiro atoms. The van der Waals surface area contributed by atoms with Crippen molar-refractivity contribution < 1.29 is 0 Å². The molecule has 1 aromatic carbocycles. The van der Waals surface area contributed by atoms with Crippen LogP contribution in [0.2, 0.25) is 0 Å². The number of benzene rings is 1. The van der Waals surface area contributed by atoms with Gasteiger partial charge in [-0.1, -0.05) is 12.1 Å². The lowest BCUT2D eigenvalue weighted by molar-refractivity contribution is 0.742. The summed E-state index contributed by atoms with van der Waals surface area (Å²) in [5.41, 5.74) is 14.3. The Labute approximate surface area is 76.0 Å². The first-order chi connectivity index (χ1) is 6.33. The van der Waals surface area contributed by atoms with E-state index < -0.39 is 0 Å². The van der Waals surface area contributed by atoms with Gasteiger partial charge >= 0.3 is 0 Å². The number of nitrogens with one attached hydrogen (secondary N) is 1. The van der Waals surface area contributed by atoms with Crippen LogP contribution in [-0.2, 0) is 0 Å². The molecule has 0 aliphatic carbocycles. The Bertz CT molecular complexity index is 407. The predicted molar refractivity (Wildman–Crippen MR) is 52.1 cm³/mol. The van der Waals surface area contributed by atoms with Gasteiger partial charge in [-0.3, -0.25) is 0 Å². The number of rotatable bonds is 2. The quantitative estimate of drug-likeness (QED) is 0.624. The first kappa shape index (κ1) is 8.22. The van der Waals surface area contributed by atoms with Crippen molar-refractivity contribution in [3.63, 3.8) is 0 Å². The molecule has 0 aliphatic heterocycles. The predicted octanol–water partition coefficient (Wildman–Crippen LogP) is 0.521. The molecule has 1 aromatic heterocycles. The number of hydrogen-bond acceptors (Lipinski definition) is 3. The lowest BCUT2D eigenvalue weighted by Crippen LogP contribution is -2.20. The second-order valence-electron chi connectivity index (χ2n) is 2.99. The van der Waals surface area contributed by atoms with Gasteiger partial charge in [0.25, 0.3) is 0 Å². The van der Waals surface area contributed by atoms with E-state index in [9.17, 15) is 0 Å². The van der Waals surface area contributed by atoms with Crippen molar-refractivity contribution in [2.75, 3.05) is 6.54 Å². The van der Waals surface area contributed by atoms with Crippen molar-refractivity contribution in [1.29, 1.82) is 0 Å². The van der Waals surface area contributed by atoms with E-state index in [0.29, 0.717) is 6.54 Å². The molecule has 13 heavy (non-hydrogen) atoms. The van der Waals surface area contributed by atoms with Gasteiger partial charge in [0.05, 0.1) is 17.4 Å². The summed E-state index contributed by atoms with van der Waals surface area (Å²) in [5, 5.41) is 0. The molecule has 0 amide bonds. The standard InChI is InChI=1S/C9H12N4/c10-4-7(11)6-2-1-3-8-9(6)13-5-12-8/h1-3,5,7H,4,10-11H2,(H,12,13). The molecule has 1 heterocycles. The largest absolute Gasteiger partial charge is 0.345 e. The van der Waals surface area contributed by atoms with Crippen LogP contribution in [-0.4, -0.2) is 16.5 Å². The Morgan fingerprint density at radius 3 is 3.08 bits per heavy atom. The number of aromatic amines is 1. The Kier molecular flexibility index (Phi) is 2.00. The summed E-state index contributed by atoms with van der Waals surface area (Å²) in [7, 11) is 0. The summed E-state index contributed by atoms with van der Waals surface area (Å²) in [6, 6.07) is 5.74. The number of nitrogens with zero attached hydrogens (tertiary/aromatic N) is 1. The van der Waals surface area contributed by atoms with Gasteiger partial charge in [0.2, 0.25) is 0 Å². The summed E-state index contributed by atoms with van der Waals surface area (Å²) in [6.45, 7) is 0.436. The molecule has 0 fully saturated rings. The maximum absolute atomic E-state index is 5.84. The van der Waals surface area contributed by atoms with Crippen molar-refractivity contribution in [2.45, 2.75) is 6.04 Å². The van der Waals surface area contributed by atoms with Gasteiger partial charge in [0.1, 0.15) is 0 Å². The fraction of sp³-hybridized carbons (Fsp3) is 0.222. The number of nitrogens with two attached hydrogens (primary N) is 2. The fourth-order valence-corrected chi connectivity index (χ4v) is 1.41. The number of imidazole rings is 1. The molecular formula is C9H12N4. The van der Waals surface area contributed by atoms with E-state index >= 15 is 0 Å². The van der Waals surface area contributed by atoms with Crippen LogP contribution in [0.5, 0.6) is 0 Å². The van der Waals surface area contributed by atoms with Crippen LogP contribution < -0.4 is 11.5 Å². The Balaban J connectivity index is 2.60. The zero-order valence-electron chi connectivity index (χ0n) is 7.20. The molecule has 0 aliphatic rings. The lowest BCUT2D eigenvalue weighted by atomic mass is 10.1. The van der Waals surface area contributed by atoms with Gasteiger partial charge in [-0.05, 0) is 11.6 Å². The summed E-state index contributed by atoms with van der Waals surface area (Å²) < 4.78 is 0. The van der Waals surface area contributed by atoms with E-state index in [0.717, 1.165) is 16.6 Å². The van der Waals surface area contributed by atoms with E-state index in [1.54, 1.807) is 6.33 Å². The second-order valence-corrected chi connectivity index (χ2v) is 2.99. The maximum Gasteiger partial charge on any atom is 0.0932 e. The van der Waals surface area contributed by atoms with E-state index in [-0.39, 0.29) is 6.04 Å². The third-order valence-corrected chi connectivity index (χ3v) is 2.13. The van der Waals surface area contributed by atoms with Crippen LogP contribution in [0.4, 0.5) is 0 Å². The first-order valence-corrected chi connectivity index (χ1v) is 4.20. The minimum atomic E-state index is -0.132. The maximum atomic E-state index is 5.84. The molecule has 5 N–H and O–H groups in total. The van der Waals surface area contributed by atoms with Gasteiger partial charge in [-0.2, -0.15) is 0 Å². The van der Waals surface area contributed by atoms with Crippen LogP contribution in [0.15, 0.2) is 24.5 Å². The normalized spacial score (nSPS) is 13.4. The number of fused-ring (bicyclic) bond motifs is 1. The van der Waals surface area contributed by atoms with Crippen molar-refractivity contribution in [2.24, 2.45) is 11.5 Å². The molecule has 0 radical (unpaired) electrons. The SMILES string of the molecule is NCC(N)c1cccc2[nH]cnc12. The minimum Gasteiger partial charge on any atom is -0.345 e. The van der Waals surface area contributed by atoms with Gasteiger partial charge in [0.15, 0.2) is 0 Å². The summed E-state index contributed by atoms with van der Waals surface area (Å²) in [4.78, 5) is 7.23. The number of aromatic nitrogens is 2. The van der Waals surface area contributed by atoms with Crippen molar-refractivity contribution >= 4 is 11.0 Å². The molecule has 0 saturated carbocycles. The highest BCUT2D eigenvalue weighted by molar-refractivity contribution is 5.78. The number of para-hydroxylation sites is 1. The summed E-state index contributed by atoms with van der Waals surface area (Å²) in [5.74, 6) is 0. The summed E-state index contributed by atoms with van der Waals surface area (Å²) >= 11 is 0.